The van der Waals surface area contributed by atoms with Crippen LogP contribution in [-0.2, 0) is 0 Å². The van der Waals surface area contributed by atoms with Crippen molar-refractivity contribution in [2.45, 2.75) is 18.2 Å². The van der Waals surface area contributed by atoms with Crippen molar-refractivity contribution in [3.8, 4) is 11.4 Å². The molecular formula is C43H28N6O. The Labute approximate surface area is 286 Å². The number of rotatable bonds is 3. The minimum Gasteiger partial charge on any atom is -0.468 e. The number of furan rings is 1. The van der Waals surface area contributed by atoms with Crippen LogP contribution in [0.1, 0.15) is 33.9 Å². The number of aromatic nitrogens is 2. The summed E-state index contributed by atoms with van der Waals surface area (Å²) in [5, 5.41) is 7.29. The van der Waals surface area contributed by atoms with Crippen molar-refractivity contribution in [2.24, 2.45) is 9.98 Å². The minimum atomic E-state index is -0.503. The Bertz CT molecular complexity index is 2760. The molecule has 7 nitrogen and oxygen atoms in total. The first kappa shape index (κ1) is 26.4. The highest BCUT2D eigenvalue weighted by Crippen LogP contribution is 2.57. The topological polar surface area (TPSA) is 63.0 Å². The van der Waals surface area contributed by atoms with Gasteiger partial charge in [0.1, 0.15) is 35.6 Å². The van der Waals surface area contributed by atoms with Crippen LogP contribution in [-0.4, -0.2) is 33.1 Å². The van der Waals surface area contributed by atoms with Gasteiger partial charge in [-0.15, -0.1) is 0 Å². The van der Waals surface area contributed by atoms with Crippen molar-refractivity contribution >= 4 is 56.1 Å². The maximum atomic E-state index is 6.10. The first-order valence-electron chi connectivity index (χ1n) is 17.1. The van der Waals surface area contributed by atoms with Crippen LogP contribution in [0.5, 0.6) is 0 Å². The monoisotopic (exact) mass is 644 g/mol. The number of amidine groups is 2. The zero-order valence-corrected chi connectivity index (χ0v) is 26.7. The second-order valence-electron chi connectivity index (χ2n) is 13.4. The summed E-state index contributed by atoms with van der Waals surface area (Å²) in [5.41, 5.74) is 12.7. The SMILES string of the molecule is C1=CC2C3c4c(ccc5c6ccccc6n(c45)-c4cocc4-n4c3c1c1ccccc14)N2C1N=C(c2ccccc2)NC(c2ccccc2)=N1. The predicted octanol–water partition coefficient (Wildman–Crippen LogP) is 8.76. The van der Waals surface area contributed by atoms with E-state index in [-0.39, 0.29) is 12.0 Å². The fraction of sp³-hybridized carbons (Fsp3) is 0.0698. The third-order valence-corrected chi connectivity index (χ3v) is 11.0. The summed E-state index contributed by atoms with van der Waals surface area (Å²) < 4.78 is 11.0. The highest BCUT2D eigenvalue weighted by molar-refractivity contribution is 6.16. The molecule has 6 heterocycles. The van der Waals surface area contributed by atoms with E-state index in [2.05, 4.69) is 141 Å². The van der Waals surface area contributed by atoms with Crippen LogP contribution >= 0.6 is 0 Å². The Morgan fingerprint density at radius 1 is 0.580 bits per heavy atom. The quantitative estimate of drug-likeness (QED) is 0.209. The average Bonchev–Trinajstić information content (AvgIpc) is 3.93. The number of nitrogens with zero attached hydrogens (tertiary/aromatic N) is 5. The van der Waals surface area contributed by atoms with Gasteiger partial charge in [0, 0.05) is 49.8 Å². The van der Waals surface area contributed by atoms with E-state index in [9.17, 15) is 0 Å². The van der Waals surface area contributed by atoms with Crippen LogP contribution in [0.25, 0.3) is 50.2 Å². The molecule has 1 N–H and O–H groups in total. The van der Waals surface area contributed by atoms with Gasteiger partial charge < -0.3 is 23.8 Å². The van der Waals surface area contributed by atoms with Crippen molar-refractivity contribution in [3.63, 3.8) is 0 Å². The van der Waals surface area contributed by atoms with Gasteiger partial charge in [-0.2, -0.15) is 0 Å². The molecule has 50 heavy (non-hydrogen) atoms. The van der Waals surface area contributed by atoms with E-state index in [0.29, 0.717) is 0 Å². The van der Waals surface area contributed by atoms with Gasteiger partial charge in [0.15, 0.2) is 0 Å². The summed E-state index contributed by atoms with van der Waals surface area (Å²) >= 11 is 0. The highest BCUT2D eigenvalue weighted by atomic mass is 16.3. The fourth-order valence-electron chi connectivity index (χ4n) is 9.01. The third-order valence-electron chi connectivity index (χ3n) is 11.0. The molecule has 1 aliphatic carbocycles. The number of anilines is 1. The molecule has 0 bridgehead atoms. The lowest BCUT2D eigenvalue weighted by molar-refractivity contribution is 0.557. The molecule has 4 aliphatic rings. The Hall–Kier alpha value is -6.60. The number of nitrogens with one attached hydrogen (secondary N) is 1. The second kappa shape index (κ2) is 9.51. The Balaban J connectivity index is 1.20. The number of benzene rings is 5. The molecule has 2 unspecified atom stereocenters. The number of hydrogen-bond donors (Lipinski definition) is 1. The molecule has 0 amide bonds. The molecule has 3 aliphatic heterocycles. The summed E-state index contributed by atoms with van der Waals surface area (Å²) in [5.74, 6) is 1.64. The lowest BCUT2D eigenvalue weighted by atomic mass is 9.83. The van der Waals surface area contributed by atoms with Gasteiger partial charge in [-0.3, -0.25) is 0 Å². The largest absolute Gasteiger partial charge is 0.468 e. The molecule has 3 aromatic heterocycles. The Morgan fingerprint density at radius 3 is 1.92 bits per heavy atom. The van der Waals surface area contributed by atoms with Crippen molar-refractivity contribution in [2.75, 3.05) is 4.90 Å². The lowest BCUT2D eigenvalue weighted by Crippen LogP contribution is -2.47. The molecule has 0 fully saturated rings. The maximum absolute atomic E-state index is 6.10. The average molecular weight is 645 g/mol. The molecule has 236 valence electrons. The van der Waals surface area contributed by atoms with E-state index in [1.165, 1.54) is 44.0 Å². The van der Waals surface area contributed by atoms with Gasteiger partial charge in [0.25, 0.3) is 0 Å². The van der Waals surface area contributed by atoms with Crippen LogP contribution in [0, 0.1) is 0 Å². The summed E-state index contributed by atoms with van der Waals surface area (Å²) in [6, 6.07) is 42.8. The molecule has 0 radical (unpaired) electrons. The van der Waals surface area contributed by atoms with Crippen molar-refractivity contribution in [3.05, 3.63) is 168 Å². The lowest BCUT2D eigenvalue weighted by Gasteiger charge is -2.35. The molecule has 5 aromatic carbocycles. The van der Waals surface area contributed by atoms with Crippen LogP contribution in [0.2, 0.25) is 0 Å². The maximum Gasteiger partial charge on any atom is 0.221 e. The van der Waals surface area contributed by atoms with Gasteiger partial charge in [-0.1, -0.05) is 115 Å². The van der Waals surface area contributed by atoms with Crippen molar-refractivity contribution < 1.29 is 4.42 Å². The molecule has 7 heteroatoms. The smallest absolute Gasteiger partial charge is 0.221 e. The minimum absolute atomic E-state index is 0.0212. The van der Waals surface area contributed by atoms with E-state index < -0.39 is 6.29 Å². The van der Waals surface area contributed by atoms with E-state index in [4.69, 9.17) is 14.4 Å². The summed E-state index contributed by atoms with van der Waals surface area (Å²) in [7, 11) is 0. The summed E-state index contributed by atoms with van der Waals surface area (Å²) in [6.45, 7) is 0. The van der Waals surface area contributed by atoms with Crippen LogP contribution in [0.15, 0.2) is 154 Å². The molecule has 8 aromatic rings. The van der Waals surface area contributed by atoms with Gasteiger partial charge in [0.05, 0.1) is 28.5 Å². The fourth-order valence-corrected chi connectivity index (χ4v) is 9.01. The van der Waals surface area contributed by atoms with Crippen molar-refractivity contribution in [1.82, 2.24) is 14.5 Å². The molecular weight excluding hydrogens is 617 g/mol. The molecule has 0 saturated carbocycles. The second-order valence-corrected chi connectivity index (χ2v) is 13.4. The zero-order valence-electron chi connectivity index (χ0n) is 26.7. The van der Waals surface area contributed by atoms with Crippen LogP contribution < -0.4 is 10.2 Å². The molecule has 0 saturated heterocycles. The zero-order chi connectivity index (χ0) is 32.5. The van der Waals surface area contributed by atoms with Crippen molar-refractivity contribution in [1.29, 1.82) is 0 Å². The van der Waals surface area contributed by atoms with Gasteiger partial charge >= 0.3 is 0 Å². The van der Waals surface area contributed by atoms with Gasteiger partial charge in [-0.25, -0.2) is 9.98 Å². The summed E-state index contributed by atoms with van der Waals surface area (Å²) in [6.07, 6.45) is 8.03. The standard InChI is InChI=1S/C43H28N6O/c1-3-11-25(12-4-1)41-44-42(26-13-5-2-6-14-26)46-43(45-41)49-33-21-19-29-27-15-7-9-17-31(27)47-35-23-50-24-36(35)48-32-18-10-8-16-28(32)30-20-22-34(49)38(40(30)48)37(33)39(29)47/h1-24,33,37,43H,(H,44,45,46). The number of para-hydroxylation sites is 2. The number of fused-ring (bicyclic) bond motifs is 9. The first-order chi connectivity index (χ1) is 24.8. The van der Waals surface area contributed by atoms with Gasteiger partial charge in [-0.05, 0) is 18.2 Å². The Kier molecular flexibility index (Phi) is 5.02. The highest BCUT2D eigenvalue weighted by Gasteiger charge is 2.49. The summed E-state index contributed by atoms with van der Waals surface area (Å²) in [4.78, 5) is 13.2. The Morgan fingerprint density at radius 2 is 1.20 bits per heavy atom. The molecule has 12 rings (SSSR count). The van der Waals surface area contributed by atoms with Crippen LogP contribution in [0.3, 0.4) is 0 Å². The van der Waals surface area contributed by atoms with E-state index >= 15 is 0 Å². The third kappa shape index (κ3) is 3.29. The number of hydrogen-bond acceptors (Lipinski definition) is 5. The molecule has 0 spiro atoms. The van der Waals surface area contributed by atoms with Crippen LogP contribution in [0.4, 0.5) is 5.69 Å². The van der Waals surface area contributed by atoms with E-state index in [0.717, 1.165) is 45.4 Å². The van der Waals surface area contributed by atoms with E-state index in [1.807, 2.05) is 24.7 Å². The normalized spacial score (nSPS) is 18.6. The first-order valence-corrected chi connectivity index (χ1v) is 17.1. The van der Waals surface area contributed by atoms with E-state index in [1.54, 1.807) is 0 Å². The molecule has 2 atom stereocenters. The predicted molar refractivity (Wildman–Crippen MR) is 200 cm³/mol. The van der Waals surface area contributed by atoms with Gasteiger partial charge in [0.2, 0.25) is 6.29 Å². The number of aliphatic imine (C=N–C) groups is 2.